The number of benzene rings is 1. The molecule has 1 aliphatic rings. The molecule has 2 rings (SSSR count). The second-order valence-corrected chi connectivity index (χ2v) is 4.80. The molecule has 2 heteroatoms. The highest BCUT2D eigenvalue weighted by Crippen LogP contribution is 2.56. The van der Waals surface area contributed by atoms with Gasteiger partial charge in [-0.15, -0.1) is 0 Å². The van der Waals surface area contributed by atoms with Gasteiger partial charge in [0.15, 0.2) is 0 Å². The van der Waals surface area contributed by atoms with Gasteiger partial charge in [-0.1, -0.05) is 43.7 Å². The van der Waals surface area contributed by atoms with Crippen LogP contribution in [0.1, 0.15) is 39.2 Å². The first-order valence-electron chi connectivity index (χ1n) is 6.02. The van der Waals surface area contributed by atoms with Gasteiger partial charge in [-0.25, -0.2) is 0 Å². The Kier molecular flexibility index (Phi) is 3.04. The van der Waals surface area contributed by atoms with Crippen LogP contribution in [0.15, 0.2) is 30.3 Å². The van der Waals surface area contributed by atoms with Gasteiger partial charge in [0.2, 0.25) is 5.79 Å². The number of epoxide rings is 1. The summed E-state index contributed by atoms with van der Waals surface area (Å²) >= 11 is 0. The lowest BCUT2D eigenvalue weighted by Gasteiger charge is -2.16. The molecular weight excluding hydrogens is 200 g/mol. The largest absolute Gasteiger partial charge is 0.344 e. The van der Waals surface area contributed by atoms with Crippen LogP contribution in [0.2, 0.25) is 0 Å². The quantitative estimate of drug-likeness (QED) is 0.560. The highest BCUT2D eigenvalue weighted by Gasteiger charge is 2.66. The van der Waals surface area contributed by atoms with Gasteiger partial charge in [0, 0.05) is 5.56 Å². The highest BCUT2D eigenvalue weighted by atomic mass is 16.8. The molecule has 0 spiro atoms. The van der Waals surface area contributed by atoms with Crippen LogP contribution in [0, 0.1) is 0 Å². The first-order chi connectivity index (χ1) is 7.62. The Morgan fingerprint density at radius 1 is 1.19 bits per heavy atom. The predicted octanol–water partition coefficient (Wildman–Crippen LogP) is 3.46. The Labute approximate surface area is 97.6 Å². The third-order valence-electron chi connectivity index (χ3n) is 3.11. The second kappa shape index (κ2) is 4.19. The zero-order valence-electron chi connectivity index (χ0n) is 10.3. The molecule has 16 heavy (non-hydrogen) atoms. The Morgan fingerprint density at radius 2 is 1.81 bits per heavy atom. The van der Waals surface area contributed by atoms with Crippen molar-refractivity contribution in [1.82, 2.24) is 0 Å². The molecule has 0 radical (unpaired) electrons. The summed E-state index contributed by atoms with van der Waals surface area (Å²) in [7, 11) is 0. The Balaban J connectivity index is 2.13. The van der Waals surface area contributed by atoms with Gasteiger partial charge in [0.05, 0.1) is 6.61 Å². The van der Waals surface area contributed by atoms with E-state index in [9.17, 15) is 0 Å². The second-order valence-electron chi connectivity index (χ2n) is 4.80. The molecular formula is C14H20O2. The average Bonchev–Trinajstić information content (AvgIpc) is 2.84. The monoisotopic (exact) mass is 220 g/mol. The van der Waals surface area contributed by atoms with Crippen molar-refractivity contribution in [3.8, 4) is 0 Å². The van der Waals surface area contributed by atoms with Gasteiger partial charge in [-0.3, -0.25) is 0 Å². The third-order valence-corrected chi connectivity index (χ3v) is 3.11. The molecule has 0 bridgehead atoms. The summed E-state index contributed by atoms with van der Waals surface area (Å²) in [4.78, 5) is 0. The van der Waals surface area contributed by atoms with Crippen LogP contribution in [0.4, 0.5) is 0 Å². The molecule has 1 aromatic carbocycles. The summed E-state index contributed by atoms with van der Waals surface area (Å²) in [5, 5.41) is 0. The van der Waals surface area contributed by atoms with Crippen molar-refractivity contribution >= 4 is 0 Å². The van der Waals surface area contributed by atoms with Crippen molar-refractivity contribution in [2.24, 2.45) is 0 Å². The summed E-state index contributed by atoms with van der Waals surface area (Å²) in [5.41, 5.74) is 0.915. The number of hydrogen-bond acceptors (Lipinski definition) is 2. The molecule has 2 nitrogen and oxygen atoms in total. The molecule has 1 heterocycles. The third kappa shape index (κ3) is 1.87. The molecule has 1 atom stereocenters. The van der Waals surface area contributed by atoms with E-state index in [0.29, 0.717) is 0 Å². The summed E-state index contributed by atoms with van der Waals surface area (Å²) in [6.45, 7) is 7.07. The van der Waals surface area contributed by atoms with Crippen LogP contribution < -0.4 is 0 Å². The topological polar surface area (TPSA) is 21.8 Å². The van der Waals surface area contributed by atoms with E-state index in [-0.39, 0.29) is 5.60 Å². The summed E-state index contributed by atoms with van der Waals surface area (Å²) in [6.07, 6.45) is 2.22. The fourth-order valence-electron chi connectivity index (χ4n) is 2.04. The van der Waals surface area contributed by atoms with E-state index in [1.54, 1.807) is 0 Å². The Bertz CT molecular complexity index is 345. The van der Waals surface area contributed by atoms with Crippen LogP contribution >= 0.6 is 0 Å². The van der Waals surface area contributed by atoms with Crippen LogP contribution in [0.25, 0.3) is 0 Å². The van der Waals surface area contributed by atoms with Crippen LogP contribution in [-0.4, -0.2) is 12.2 Å². The molecule has 1 saturated heterocycles. The zero-order chi connectivity index (χ0) is 11.6. The fraction of sp³-hybridized carbons (Fsp3) is 0.571. The average molecular weight is 220 g/mol. The minimum atomic E-state index is -0.510. The van der Waals surface area contributed by atoms with Gasteiger partial charge in [0.1, 0.15) is 5.60 Å². The first-order valence-corrected chi connectivity index (χ1v) is 6.02. The first kappa shape index (κ1) is 11.6. The molecule has 1 aromatic rings. The summed E-state index contributed by atoms with van der Waals surface area (Å²) in [6, 6.07) is 10.2. The molecule has 0 saturated carbocycles. The van der Waals surface area contributed by atoms with Crippen molar-refractivity contribution in [3.63, 3.8) is 0 Å². The summed E-state index contributed by atoms with van der Waals surface area (Å²) < 4.78 is 11.8. The van der Waals surface area contributed by atoms with Crippen LogP contribution in [-0.2, 0) is 15.3 Å². The van der Waals surface area contributed by atoms with Gasteiger partial charge in [-0.05, 0) is 20.3 Å². The lowest BCUT2D eigenvalue weighted by atomic mass is 9.99. The van der Waals surface area contributed by atoms with E-state index in [2.05, 4.69) is 32.9 Å². The highest BCUT2D eigenvalue weighted by molar-refractivity contribution is 5.29. The van der Waals surface area contributed by atoms with Crippen LogP contribution in [0.3, 0.4) is 0 Å². The Morgan fingerprint density at radius 3 is 2.31 bits per heavy atom. The van der Waals surface area contributed by atoms with E-state index in [1.807, 2.05) is 18.2 Å². The number of hydrogen-bond donors (Lipinski definition) is 0. The van der Waals surface area contributed by atoms with E-state index >= 15 is 0 Å². The van der Waals surface area contributed by atoms with Gasteiger partial charge >= 0.3 is 0 Å². The normalized spacial score (nSPS) is 26.7. The lowest BCUT2D eigenvalue weighted by Crippen LogP contribution is -2.22. The molecule has 0 aromatic heterocycles. The fourth-order valence-corrected chi connectivity index (χ4v) is 2.04. The van der Waals surface area contributed by atoms with E-state index in [0.717, 1.165) is 25.0 Å². The van der Waals surface area contributed by atoms with Crippen molar-refractivity contribution in [2.75, 3.05) is 6.61 Å². The molecule has 1 aliphatic heterocycles. The molecule has 0 aliphatic carbocycles. The maximum Gasteiger partial charge on any atom is 0.225 e. The standard InChI is InChI=1S/C14H20O2/c1-4-5-11-15-14(13(2,3)16-14)12-9-7-6-8-10-12/h6-10H,4-5,11H2,1-3H3. The van der Waals surface area contributed by atoms with E-state index in [4.69, 9.17) is 9.47 Å². The molecule has 1 fully saturated rings. The minimum absolute atomic E-state index is 0.206. The molecule has 0 amide bonds. The molecule has 1 unspecified atom stereocenters. The molecule has 0 N–H and O–H groups in total. The summed E-state index contributed by atoms with van der Waals surface area (Å²) in [5.74, 6) is -0.510. The SMILES string of the molecule is CCCCOC1(c2ccccc2)OC1(C)C. The lowest BCUT2D eigenvalue weighted by molar-refractivity contribution is -0.0502. The number of rotatable bonds is 5. The van der Waals surface area contributed by atoms with Crippen LogP contribution in [0.5, 0.6) is 0 Å². The number of ether oxygens (including phenoxy) is 2. The van der Waals surface area contributed by atoms with E-state index < -0.39 is 5.79 Å². The van der Waals surface area contributed by atoms with Crippen molar-refractivity contribution in [2.45, 2.75) is 45.0 Å². The van der Waals surface area contributed by atoms with Gasteiger partial charge < -0.3 is 9.47 Å². The van der Waals surface area contributed by atoms with E-state index in [1.165, 1.54) is 0 Å². The van der Waals surface area contributed by atoms with Gasteiger partial charge in [-0.2, -0.15) is 0 Å². The van der Waals surface area contributed by atoms with Crippen molar-refractivity contribution in [1.29, 1.82) is 0 Å². The van der Waals surface area contributed by atoms with Crippen molar-refractivity contribution < 1.29 is 9.47 Å². The maximum absolute atomic E-state index is 5.96. The Hall–Kier alpha value is -0.860. The van der Waals surface area contributed by atoms with Gasteiger partial charge in [0.25, 0.3) is 0 Å². The maximum atomic E-state index is 5.96. The molecule has 88 valence electrons. The minimum Gasteiger partial charge on any atom is -0.344 e. The number of unbranched alkanes of at least 4 members (excludes halogenated alkanes) is 1. The zero-order valence-corrected chi connectivity index (χ0v) is 10.3. The predicted molar refractivity (Wildman–Crippen MR) is 64.1 cm³/mol. The smallest absolute Gasteiger partial charge is 0.225 e. The van der Waals surface area contributed by atoms with Crippen molar-refractivity contribution in [3.05, 3.63) is 35.9 Å².